The standard InChI is InChI=1S/C24H22N4O2/c1-2-6-17-9-14-21(25-16-17)18-10-12-19(13-11-18)24(30)26-22-15-23(29)28(27-22)20-7-4-3-5-8-20/h3-5,7-16,27H,2,6H2,1H3,(H,26,30). The number of anilines is 1. The van der Waals surface area contributed by atoms with E-state index in [1.165, 1.54) is 16.3 Å². The number of aromatic nitrogens is 3. The highest BCUT2D eigenvalue weighted by molar-refractivity contribution is 6.03. The molecule has 150 valence electrons. The maximum absolute atomic E-state index is 12.6. The van der Waals surface area contributed by atoms with E-state index in [9.17, 15) is 9.59 Å². The average molecular weight is 398 g/mol. The molecule has 1 amide bonds. The summed E-state index contributed by atoms with van der Waals surface area (Å²) in [6.07, 6.45) is 4.00. The summed E-state index contributed by atoms with van der Waals surface area (Å²) < 4.78 is 1.38. The molecular weight excluding hydrogens is 376 g/mol. The quantitative estimate of drug-likeness (QED) is 0.504. The topological polar surface area (TPSA) is 79.8 Å². The first-order valence-electron chi connectivity index (χ1n) is 9.88. The SMILES string of the molecule is CCCc1ccc(-c2ccc(C(=O)Nc3cc(=O)n(-c4ccccc4)[nH]3)cc2)nc1. The predicted molar refractivity (Wildman–Crippen MR) is 118 cm³/mol. The third-order valence-electron chi connectivity index (χ3n) is 4.79. The van der Waals surface area contributed by atoms with E-state index in [0.29, 0.717) is 17.1 Å². The molecule has 2 N–H and O–H groups in total. The molecule has 4 rings (SSSR count). The van der Waals surface area contributed by atoms with E-state index < -0.39 is 0 Å². The molecule has 0 atom stereocenters. The summed E-state index contributed by atoms with van der Waals surface area (Å²) >= 11 is 0. The summed E-state index contributed by atoms with van der Waals surface area (Å²) in [6, 6.07) is 21.9. The van der Waals surface area contributed by atoms with Crippen molar-refractivity contribution in [3.63, 3.8) is 0 Å². The molecule has 0 aliphatic carbocycles. The Kier molecular flexibility index (Phi) is 5.57. The van der Waals surface area contributed by atoms with E-state index in [2.05, 4.69) is 28.4 Å². The zero-order valence-corrected chi connectivity index (χ0v) is 16.6. The molecule has 0 aliphatic heterocycles. The molecule has 0 aliphatic rings. The van der Waals surface area contributed by atoms with Crippen molar-refractivity contribution in [3.8, 4) is 16.9 Å². The van der Waals surface area contributed by atoms with Crippen LogP contribution >= 0.6 is 0 Å². The molecule has 4 aromatic rings. The Bertz CT molecular complexity index is 1190. The molecule has 2 aromatic carbocycles. The summed E-state index contributed by atoms with van der Waals surface area (Å²) in [4.78, 5) is 29.3. The van der Waals surface area contributed by atoms with Gasteiger partial charge in [0.1, 0.15) is 5.82 Å². The predicted octanol–water partition coefficient (Wildman–Crippen LogP) is 4.43. The fraction of sp³-hybridized carbons (Fsp3) is 0.125. The zero-order valence-electron chi connectivity index (χ0n) is 16.6. The number of nitrogens with one attached hydrogen (secondary N) is 2. The van der Waals surface area contributed by atoms with Gasteiger partial charge in [0.2, 0.25) is 0 Å². The number of nitrogens with zero attached hydrogens (tertiary/aromatic N) is 2. The molecular formula is C24H22N4O2. The van der Waals surface area contributed by atoms with Crippen molar-refractivity contribution in [2.75, 3.05) is 5.32 Å². The average Bonchev–Trinajstić information content (AvgIpc) is 3.15. The molecule has 0 radical (unpaired) electrons. The lowest BCUT2D eigenvalue weighted by Gasteiger charge is -2.06. The minimum absolute atomic E-state index is 0.246. The third-order valence-corrected chi connectivity index (χ3v) is 4.79. The van der Waals surface area contributed by atoms with Crippen LogP contribution in [0.25, 0.3) is 16.9 Å². The number of amides is 1. The molecule has 0 fully saturated rings. The Balaban J connectivity index is 1.47. The van der Waals surface area contributed by atoms with Crippen LogP contribution in [-0.4, -0.2) is 20.7 Å². The first-order valence-corrected chi connectivity index (χ1v) is 9.88. The van der Waals surface area contributed by atoms with Crippen molar-refractivity contribution in [2.45, 2.75) is 19.8 Å². The highest BCUT2D eigenvalue weighted by Crippen LogP contribution is 2.19. The van der Waals surface area contributed by atoms with Gasteiger partial charge in [-0.05, 0) is 42.3 Å². The van der Waals surface area contributed by atoms with Crippen LogP contribution in [0, 0.1) is 0 Å². The molecule has 0 unspecified atom stereocenters. The number of rotatable bonds is 6. The van der Waals surface area contributed by atoms with Crippen LogP contribution in [0.4, 0.5) is 5.82 Å². The van der Waals surface area contributed by atoms with Gasteiger partial charge in [-0.2, -0.15) is 0 Å². The third kappa shape index (κ3) is 4.22. The van der Waals surface area contributed by atoms with Gasteiger partial charge in [-0.15, -0.1) is 0 Å². The van der Waals surface area contributed by atoms with Gasteiger partial charge in [-0.25, -0.2) is 4.68 Å². The van der Waals surface area contributed by atoms with Gasteiger partial charge in [-0.3, -0.25) is 19.7 Å². The van der Waals surface area contributed by atoms with Gasteiger partial charge >= 0.3 is 0 Å². The van der Waals surface area contributed by atoms with Crippen molar-refractivity contribution < 1.29 is 4.79 Å². The van der Waals surface area contributed by atoms with E-state index in [1.807, 2.05) is 54.7 Å². The normalized spacial score (nSPS) is 10.7. The molecule has 0 saturated heterocycles. The number of aryl methyl sites for hydroxylation is 1. The number of aromatic amines is 1. The Morgan fingerprint density at radius 1 is 1.03 bits per heavy atom. The van der Waals surface area contributed by atoms with Crippen LogP contribution in [0.2, 0.25) is 0 Å². The van der Waals surface area contributed by atoms with Gasteiger partial charge in [0, 0.05) is 23.4 Å². The van der Waals surface area contributed by atoms with Crippen molar-refractivity contribution in [1.29, 1.82) is 0 Å². The van der Waals surface area contributed by atoms with E-state index in [0.717, 1.165) is 24.1 Å². The van der Waals surface area contributed by atoms with Gasteiger partial charge in [-0.1, -0.05) is 49.7 Å². The molecule has 2 heterocycles. The monoisotopic (exact) mass is 398 g/mol. The summed E-state index contributed by atoms with van der Waals surface area (Å²) in [7, 11) is 0. The molecule has 0 bridgehead atoms. The summed E-state index contributed by atoms with van der Waals surface area (Å²) in [5.74, 6) is 0.0420. The molecule has 2 aromatic heterocycles. The van der Waals surface area contributed by atoms with E-state index in [4.69, 9.17) is 0 Å². The van der Waals surface area contributed by atoms with E-state index in [-0.39, 0.29) is 11.5 Å². The number of benzene rings is 2. The van der Waals surface area contributed by atoms with Crippen molar-refractivity contribution in [2.24, 2.45) is 0 Å². The van der Waals surface area contributed by atoms with Crippen LogP contribution in [0.1, 0.15) is 29.3 Å². The molecule has 6 nitrogen and oxygen atoms in total. The highest BCUT2D eigenvalue weighted by atomic mass is 16.2. The number of H-pyrrole nitrogens is 1. The number of pyridine rings is 1. The number of carbonyl (C=O) groups excluding carboxylic acids is 1. The fourth-order valence-electron chi connectivity index (χ4n) is 3.25. The Morgan fingerprint density at radius 3 is 2.47 bits per heavy atom. The first-order chi connectivity index (χ1) is 14.6. The van der Waals surface area contributed by atoms with E-state index >= 15 is 0 Å². The largest absolute Gasteiger partial charge is 0.307 e. The van der Waals surface area contributed by atoms with Gasteiger partial charge in [0.05, 0.1) is 11.4 Å². The lowest BCUT2D eigenvalue weighted by molar-refractivity contribution is 0.102. The maximum Gasteiger partial charge on any atom is 0.273 e. The number of hydrogen-bond donors (Lipinski definition) is 2. The van der Waals surface area contributed by atoms with Crippen LogP contribution in [0.5, 0.6) is 0 Å². The Labute approximate surface area is 174 Å². The molecule has 0 saturated carbocycles. The Morgan fingerprint density at radius 2 is 1.80 bits per heavy atom. The van der Waals surface area contributed by atoms with Crippen molar-refractivity contribution in [1.82, 2.24) is 14.8 Å². The maximum atomic E-state index is 12.6. The summed E-state index contributed by atoms with van der Waals surface area (Å²) in [5.41, 5.74) is 3.97. The molecule has 30 heavy (non-hydrogen) atoms. The minimum atomic E-state index is -0.297. The van der Waals surface area contributed by atoms with Crippen LogP contribution in [0.3, 0.4) is 0 Å². The van der Waals surface area contributed by atoms with E-state index in [1.54, 1.807) is 12.1 Å². The summed E-state index contributed by atoms with van der Waals surface area (Å²) in [5, 5.41) is 5.65. The van der Waals surface area contributed by atoms with Crippen molar-refractivity contribution in [3.05, 3.63) is 100 Å². The summed E-state index contributed by atoms with van der Waals surface area (Å²) in [6.45, 7) is 2.14. The van der Waals surface area contributed by atoms with Gasteiger partial charge in [0.25, 0.3) is 11.5 Å². The van der Waals surface area contributed by atoms with Crippen LogP contribution < -0.4 is 10.9 Å². The lowest BCUT2D eigenvalue weighted by atomic mass is 10.1. The van der Waals surface area contributed by atoms with Crippen molar-refractivity contribution >= 4 is 11.7 Å². The smallest absolute Gasteiger partial charge is 0.273 e. The second-order valence-corrected chi connectivity index (χ2v) is 7.01. The van der Waals surface area contributed by atoms with Gasteiger partial charge < -0.3 is 5.32 Å². The highest BCUT2D eigenvalue weighted by Gasteiger charge is 2.11. The second kappa shape index (κ2) is 8.61. The van der Waals surface area contributed by atoms with Gasteiger partial charge in [0.15, 0.2) is 0 Å². The molecule has 6 heteroatoms. The first kappa shape index (κ1) is 19.4. The molecule has 0 spiro atoms. The Hall–Kier alpha value is -3.93. The number of hydrogen-bond acceptors (Lipinski definition) is 3. The fourth-order valence-corrected chi connectivity index (χ4v) is 3.25. The zero-order chi connectivity index (χ0) is 20.9. The second-order valence-electron chi connectivity index (χ2n) is 7.01. The lowest BCUT2D eigenvalue weighted by Crippen LogP contribution is -2.13. The van der Waals surface area contributed by atoms with Crippen LogP contribution in [0.15, 0.2) is 83.8 Å². The van der Waals surface area contributed by atoms with Crippen LogP contribution in [-0.2, 0) is 6.42 Å². The minimum Gasteiger partial charge on any atom is -0.307 e. The number of para-hydroxylation sites is 1. The number of carbonyl (C=O) groups is 1.